The highest BCUT2D eigenvalue weighted by molar-refractivity contribution is 6.02. The fourth-order valence-corrected chi connectivity index (χ4v) is 2.90. The van der Waals surface area contributed by atoms with Gasteiger partial charge in [-0.05, 0) is 53.7 Å². The maximum Gasteiger partial charge on any atom is 0.276 e. The number of aryl methyl sites for hydroxylation is 1. The number of nitrogens with zero attached hydrogens (tertiary/aromatic N) is 6. The van der Waals surface area contributed by atoms with E-state index in [1.165, 1.54) is 35.0 Å². The molecule has 1 N–H and O–H groups in total. The summed E-state index contributed by atoms with van der Waals surface area (Å²) >= 11 is 0. The van der Waals surface area contributed by atoms with Gasteiger partial charge in [-0.3, -0.25) is 9.59 Å². The quantitative estimate of drug-likeness (QED) is 0.472. The summed E-state index contributed by atoms with van der Waals surface area (Å²) in [4.78, 5) is 24.8. The number of aromatic nitrogens is 6. The molecule has 32 heavy (non-hydrogen) atoms. The van der Waals surface area contributed by atoms with Gasteiger partial charge >= 0.3 is 0 Å². The molecule has 1 amide bonds. The van der Waals surface area contributed by atoms with E-state index in [1.54, 1.807) is 19.1 Å². The van der Waals surface area contributed by atoms with Crippen LogP contribution in [0.1, 0.15) is 16.3 Å². The number of tetrazole rings is 1. The number of ether oxygens (including phenoxy) is 1. The van der Waals surface area contributed by atoms with Gasteiger partial charge < -0.3 is 10.1 Å². The molecule has 0 radical (unpaired) electrons. The van der Waals surface area contributed by atoms with Crippen molar-refractivity contribution < 1.29 is 13.9 Å². The first-order valence-electron chi connectivity index (χ1n) is 9.63. The number of hydrogen-bond donors (Lipinski definition) is 1. The summed E-state index contributed by atoms with van der Waals surface area (Å²) in [6.45, 7) is 1.99. The van der Waals surface area contributed by atoms with Gasteiger partial charge in [0.25, 0.3) is 11.5 Å². The number of para-hydroxylation sites is 1. The molecule has 2 aromatic heterocycles. The molecule has 0 atom stereocenters. The molecule has 0 saturated carbocycles. The van der Waals surface area contributed by atoms with Crippen LogP contribution < -0.4 is 15.6 Å². The monoisotopic (exact) mass is 435 g/mol. The van der Waals surface area contributed by atoms with E-state index in [2.05, 4.69) is 25.9 Å². The van der Waals surface area contributed by atoms with E-state index < -0.39 is 11.7 Å². The maximum atomic E-state index is 14.2. The molecule has 0 saturated heterocycles. The largest absolute Gasteiger partial charge is 0.492 e. The average Bonchev–Trinajstić information content (AvgIpc) is 3.22. The predicted octanol–water partition coefficient (Wildman–Crippen LogP) is 2.00. The number of halogens is 1. The summed E-state index contributed by atoms with van der Waals surface area (Å²) in [5.74, 6) is -0.0598. The molecular formula is C21H18FN7O3. The van der Waals surface area contributed by atoms with Crippen LogP contribution in [-0.2, 0) is 6.54 Å². The Labute approximate surface area is 181 Å². The van der Waals surface area contributed by atoms with Gasteiger partial charge in [-0.15, -0.1) is 5.10 Å². The lowest BCUT2D eigenvalue weighted by Crippen LogP contribution is -2.28. The molecule has 0 aliphatic heterocycles. The minimum atomic E-state index is -0.561. The van der Waals surface area contributed by atoms with E-state index in [0.717, 1.165) is 4.68 Å². The lowest BCUT2D eigenvalue weighted by atomic mass is 10.2. The van der Waals surface area contributed by atoms with Crippen LogP contribution >= 0.6 is 0 Å². The lowest BCUT2D eigenvalue weighted by Gasteiger charge is -2.10. The van der Waals surface area contributed by atoms with Gasteiger partial charge in [-0.1, -0.05) is 18.2 Å². The normalized spacial score (nSPS) is 10.7. The van der Waals surface area contributed by atoms with E-state index in [9.17, 15) is 14.0 Å². The number of carbonyl (C=O) groups is 1. The van der Waals surface area contributed by atoms with Gasteiger partial charge in [-0.2, -0.15) is 9.78 Å². The molecule has 11 heteroatoms. The summed E-state index contributed by atoms with van der Waals surface area (Å²) < 4.78 is 22.2. The smallest absolute Gasteiger partial charge is 0.276 e. The fourth-order valence-electron chi connectivity index (χ4n) is 2.90. The van der Waals surface area contributed by atoms with Crippen LogP contribution in [0.2, 0.25) is 0 Å². The van der Waals surface area contributed by atoms with Crippen molar-refractivity contribution in [3.63, 3.8) is 0 Å². The van der Waals surface area contributed by atoms with Crippen molar-refractivity contribution in [3.05, 3.63) is 88.4 Å². The highest BCUT2D eigenvalue weighted by Crippen LogP contribution is 2.19. The third-order valence-corrected chi connectivity index (χ3v) is 4.47. The summed E-state index contributed by atoms with van der Waals surface area (Å²) in [6, 6.07) is 15.7. The standard InChI is InChI=1S/C21H18FN7O3/c1-14-24-26-27-29(14)19-13-15(7-8-17(19)22)23-21(31)18-9-10-20(30)28(25-18)11-12-32-16-5-3-2-4-6-16/h2-10,13H,11-12H2,1H3,(H,23,31). The molecule has 2 heterocycles. The van der Waals surface area contributed by atoms with Crippen LogP contribution in [0.3, 0.4) is 0 Å². The van der Waals surface area contributed by atoms with Gasteiger partial charge in [0.1, 0.15) is 29.6 Å². The summed E-state index contributed by atoms with van der Waals surface area (Å²) in [5, 5.41) is 17.7. The Kier molecular flexibility index (Phi) is 5.97. The number of hydrogen-bond acceptors (Lipinski definition) is 7. The number of nitrogens with one attached hydrogen (secondary N) is 1. The van der Waals surface area contributed by atoms with Crippen molar-refractivity contribution in [2.45, 2.75) is 13.5 Å². The predicted molar refractivity (Wildman–Crippen MR) is 112 cm³/mol. The minimum absolute atomic E-state index is 0.0220. The molecule has 2 aromatic carbocycles. The molecule has 0 fully saturated rings. The van der Waals surface area contributed by atoms with Gasteiger partial charge in [0.15, 0.2) is 5.82 Å². The first kappa shape index (κ1) is 20.8. The zero-order chi connectivity index (χ0) is 22.5. The Bertz CT molecular complexity index is 1300. The molecule has 4 aromatic rings. The molecule has 4 rings (SSSR count). The second kappa shape index (κ2) is 9.16. The Balaban J connectivity index is 1.47. The molecule has 0 aliphatic carbocycles. The first-order chi connectivity index (χ1) is 15.5. The van der Waals surface area contributed by atoms with Crippen LogP contribution in [0.25, 0.3) is 5.69 Å². The topological polar surface area (TPSA) is 117 Å². The molecule has 10 nitrogen and oxygen atoms in total. The van der Waals surface area contributed by atoms with E-state index >= 15 is 0 Å². The molecular weight excluding hydrogens is 417 g/mol. The Morgan fingerprint density at radius 2 is 1.94 bits per heavy atom. The zero-order valence-corrected chi connectivity index (χ0v) is 17.0. The molecule has 162 valence electrons. The van der Waals surface area contributed by atoms with Crippen LogP contribution in [0.4, 0.5) is 10.1 Å². The lowest BCUT2D eigenvalue weighted by molar-refractivity contribution is 0.101. The molecule has 0 bridgehead atoms. The van der Waals surface area contributed by atoms with Gasteiger partial charge in [0.2, 0.25) is 0 Å². The van der Waals surface area contributed by atoms with Gasteiger partial charge in [0.05, 0.1) is 6.54 Å². The fraction of sp³-hybridized carbons (Fsp3) is 0.143. The third-order valence-electron chi connectivity index (χ3n) is 4.47. The number of benzene rings is 2. The maximum absolute atomic E-state index is 14.2. The van der Waals surface area contributed by atoms with Gasteiger partial charge in [0, 0.05) is 11.8 Å². The summed E-state index contributed by atoms with van der Waals surface area (Å²) in [7, 11) is 0. The van der Waals surface area contributed by atoms with Crippen LogP contribution in [-0.4, -0.2) is 42.5 Å². The number of carbonyl (C=O) groups excluding carboxylic acids is 1. The second-order valence-corrected chi connectivity index (χ2v) is 6.70. The Morgan fingerprint density at radius 1 is 1.12 bits per heavy atom. The highest BCUT2D eigenvalue weighted by atomic mass is 19.1. The minimum Gasteiger partial charge on any atom is -0.492 e. The van der Waals surface area contributed by atoms with Crippen molar-refractivity contribution >= 4 is 11.6 Å². The van der Waals surface area contributed by atoms with Crippen molar-refractivity contribution in [2.75, 3.05) is 11.9 Å². The number of rotatable bonds is 7. The molecule has 0 aliphatic rings. The van der Waals surface area contributed by atoms with Crippen molar-refractivity contribution in [3.8, 4) is 11.4 Å². The SMILES string of the molecule is Cc1nnnn1-c1cc(NC(=O)c2ccc(=O)n(CCOc3ccccc3)n2)ccc1F. The van der Waals surface area contributed by atoms with E-state index in [-0.39, 0.29) is 30.1 Å². The van der Waals surface area contributed by atoms with E-state index in [1.807, 2.05) is 18.2 Å². The van der Waals surface area contributed by atoms with E-state index in [0.29, 0.717) is 17.3 Å². The Morgan fingerprint density at radius 3 is 2.69 bits per heavy atom. The van der Waals surface area contributed by atoms with Crippen molar-refractivity contribution in [2.24, 2.45) is 0 Å². The van der Waals surface area contributed by atoms with E-state index in [4.69, 9.17) is 4.74 Å². The third kappa shape index (κ3) is 4.67. The summed E-state index contributed by atoms with van der Waals surface area (Å²) in [6.07, 6.45) is 0. The first-order valence-corrected chi connectivity index (χ1v) is 9.63. The second-order valence-electron chi connectivity index (χ2n) is 6.70. The molecule has 0 unspecified atom stereocenters. The highest BCUT2D eigenvalue weighted by Gasteiger charge is 2.14. The van der Waals surface area contributed by atoms with Crippen LogP contribution in [0.15, 0.2) is 65.5 Å². The summed E-state index contributed by atoms with van der Waals surface area (Å²) in [5.41, 5.74) is 0.0553. The zero-order valence-electron chi connectivity index (χ0n) is 17.0. The average molecular weight is 435 g/mol. The molecule has 0 spiro atoms. The van der Waals surface area contributed by atoms with Crippen molar-refractivity contribution in [1.82, 2.24) is 30.0 Å². The Hall–Kier alpha value is -4.41. The van der Waals surface area contributed by atoms with Crippen LogP contribution in [0, 0.1) is 12.7 Å². The van der Waals surface area contributed by atoms with Crippen LogP contribution in [0.5, 0.6) is 5.75 Å². The van der Waals surface area contributed by atoms with Crippen molar-refractivity contribution in [1.29, 1.82) is 0 Å². The number of anilines is 1. The van der Waals surface area contributed by atoms with Gasteiger partial charge in [-0.25, -0.2) is 9.07 Å². The number of amides is 1.